The fourth-order valence-electron chi connectivity index (χ4n) is 1.78. The summed E-state index contributed by atoms with van der Waals surface area (Å²) in [4.78, 5) is 4.02. The van der Waals surface area contributed by atoms with Crippen molar-refractivity contribution in [2.75, 3.05) is 5.32 Å². The highest BCUT2D eigenvalue weighted by Gasteiger charge is 2.10. The number of rotatable bonds is 5. The molecule has 0 saturated carbocycles. The largest absolute Gasteiger partial charge is 0.435 e. The highest BCUT2D eigenvalue weighted by molar-refractivity contribution is 9.10. The van der Waals surface area contributed by atoms with Crippen LogP contribution in [-0.4, -0.2) is 11.6 Å². The Morgan fingerprint density at radius 2 is 1.95 bits per heavy atom. The van der Waals surface area contributed by atoms with Gasteiger partial charge in [-0.15, -0.1) is 0 Å². The lowest BCUT2D eigenvalue weighted by Gasteiger charge is -2.17. The minimum absolute atomic E-state index is 0.0702. The number of pyridine rings is 1. The van der Waals surface area contributed by atoms with E-state index in [1.54, 1.807) is 18.3 Å². The van der Waals surface area contributed by atoms with Gasteiger partial charge in [0.25, 0.3) is 0 Å². The second-order valence-corrected chi connectivity index (χ2v) is 5.58. The molecule has 0 radical (unpaired) electrons. The van der Waals surface area contributed by atoms with Gasteiger partial charge in [-0.2, -0.15) is 8.78 Å². The van der Waals surface area contributed by atoms with Crippen LogP contribution in [0.15, 0.2) is 41.0 Å². The predicted octanol–water partition coefficient (Wildman–Crippen LogP) is 5.27. The molecule has 3 nitrogen and oxygen atoms in total. The van der Waals surface area contributed by atoms with Crippen molar-refractivity contribution < 1.29 is 13.5 Å². The van der Waals surface area contributed by atoms with E-state index >= 15 is 0 Å². The zero-order chi connectivity index (χ0) is 15.4. The monoisotopic (exact) mass is 376 g/mol. The van der Waals surface area contributed by atoms with Gasteiger partial charge in [-0.05, 0) is 46.6 Å². The molecule has 1 N–H and O–H groups in total. The summed E-state index contributed by atoms with van der Waals surface area (Å²) in [7, 11) is 0. The second-order valence-electron chi connectivity index (χ2n) is 4.31. The molecule has 21 heavy (non-hydrogen) atoms. The molecule has 1 aromatic carbocycles. The molecule has 0 saturated heterocycles. The summed E-state index contributed by atoms with van der Waals surface area (Å²) in [6.45, 7) is -0.891. The first-order chi connectivity index (χ1) is 9.95. The molecular weight excluding hydrogens is 366 g/mol. The maximum Gasteiger partial charge on any atom is 0.387 e. The maximum absolute atomic E-state index is 12.1. The Bertz CT molecular complexity index is 610. The first kappa shape index (κ1) is 16.0. The SMILES string of the molecule is CC(Nc1cc(Br)cnc1Cl)c1ccc(OC(F)F)cc1. The van der Waals surface area contributed by atoms with Crippen molar-refractivity contribution in [2.45, 2.75) is 19.6 Å². The van der Waals surface area contributed by atoms with Gasteiger partial charge in [-0.3, -0.25) is 0 Å². The fourth-order valence-corrected chi connectivity index (χ4v) is 2.27. The Morgan fingerprint density at radius 1 is 1.29 bits per heavy atom. The number of alkyl halides is 2. The number of anilines is 1. The predicted molar refractivity (Wildman–Crippen MR) is 82.1 cm³/mol. The average Bonchev–Trinajstić information content (AvgIpc) is 2.43. The summed E-state index contributed by atoms with van der Waals surface area (Å²) in [5, 5.41) is 3.58. The summed E-state index contributed by atoms with van der Waals surface area (Å²) in [6.07, 6.45) is 1.61. The molecule has 0 aliphatic heterocycles. The van der Waals surface area contributed by atoms with E-state index in [-0.39, 0.29) is 11.8 Å². The second kappa shape index (κ2) is 7.04. The Labute approximate surface area is 134 Å². The highest BCUT2D eigenvalue weighted by Crippen LogP contribution is 2.28. The summed E-state index contributed by atoms with van der Waals surface area (Å²) in [5.74, 6) is 0.128. The van der Waals surface area contributed by atoms with Crippen LogP contribution in [0.4, 0.5) is 14.5 Å². The van der Waals surface area contributed by atoms with Crippen LogP contribution in [0.2, 0.25) is 5.15 Å². The van der Waals surface area contributed by atoms with Crippen molar-refractivity contribution in [3.63, 3.8) is 0 Å². The number of nitrogens with one attached hydrogen (secondary N) is 1. The third-order valence-electron chi connectivity index (χ3n) is 2.78. The molecule has 0 aliphatic carbocycles. The van der Waals surface area contributed by atoms with Gasteiger partial charge < -0.3 is 10.1 Å². The molecule has 2 rings (SSSR count). The molecule has 2 aromatic rings. The maximum atomic E-state index is 12.1. The Hall–Kier alpha value is -1.40. The van der Waals surface area contributed by atoms with Gasteiger partial charge >= 0.3 is 6.61 Å². The summed E-state index contributed by atoms with van der Waals surface area (Å²) >= 11 is 9.34. The average molecular weight is 378 g/mol. The molecule has 0 fully saturated rings. The van der Waals surface area contributed by atoms with E-state index in [0.717, 1.165) is 10.0 Å². The van der Waals surface area contributed by atoms with Gasteiger partial charge in [0.2, 0.25) is 0 Å². The number of halogens is 4. The van der Waals surface area contributed by atoms with Crippen molar-refractivity contribution in [2.24, 2.45) is 0 Å². The number of aromatic nitrogens is 1. The van der Waals surface area contributed by atoms with E-state index in [0.29, 0.717) is 10.8 Å². The van der Waals surface area contributed by atoms with Gasteiger partial charge in [0.1, 0.15) is 5.75 Å². The van der Waals surface area contributed by atoms with E-state index in [1.807, 2.05) is 13.0 Å². The van der Waals surface area contributed by atoms with Crippen molar-refractivity contribution >= 4 is 33.2 Å². The van der Waals surface area contributed by atoms with Crippen LogP contribution in [0.25, 0.3) is 0 Å². The van der Waals surface area contributed by atoms with Crippen molar-refractivity contribution in [1.82, 2.24) is 4.98 Å². The number of hydrogen-bond donors (Lipinski definition) is 1. The highest BCUT2D eigenvalue weighted by atomic mass is 79.9. The smallest absolute Gasteiger partial charge is 0.387 e. The van der Waals surface area contributed by atoms with Crippen molar-refractivity contribution in [3.05, 3.63) is 51.7 Å². The van der Waals surface area contributed by atoms with Crippen molar-refractivity contribution in [1.29, 1.82) is 0 Å². The zero-order valence-electron chi connectivity index (χ0n) is 11.0. The summed E-state index contributed by atoms with van der Waals surface area (Å²) in [5.41, 5.74) is 1.60. The topological polar surface area (TPSA) is 34.2 Å². The Balaban J connectivity index is 2.09. The standard InChI is InChI=1S/C14H12BrClF2N2O/c1-8(20-12-6-10(15)7-19-13(12)16)9-2-4-11(5-3-9)21-14(17)18/h2-8,14,20H,1H3. The lowest BCUT2D eigenvalue weighted by molar-refractivity contribution is -0.0498. The van der Waals surface area contributed by atoms with Gasteiger partial charge in [-0.25, -0.2) is 4.98 Å². The van der Waals surface area contributed by atoms with E-state index in [1.165, 1.54) is 12.1 Å². The van der Waals surface area contributed by atoms with Crippen molar-refractivity contribution in [3.8, 4) is 5.75 Å². The molecule has 1 aromatic heterocycles. The van der Waals surface area contributed by atoms with Crippen LogP contribution in [0.5, 0.6) is 5.75 Å². The van der Waals surface area contributed by atoms with E-state index in [2.05, 4.69) is 31.0 Å². The number of ether oxygens (including phenoxy) is 1. The third kappa shape index (κ3) is 4.54. The number of benzene rings is 1. The minimum Gasteiger partial charge on any atom is -0.435 e. The number of nitrogens with zero attached hydrogens (tertiary/aromatic N) is 1. The molecule has 0 aliphatic rings. The zero-order valence-corrected chi connectivity index (χ0v) is 13.3. The Morgan fingerprint density at radius 3 is 2.57 bits per heavy atom. The van der Waals surface area contributed by atoms with E-state index in [9.17, 15) is 8.78 Å². The first-order valence-corrected chi connectivity index (χ1v) is 7.25. The van der Waals surface area contributed by atoms with E-state index < -0.39 is 6.61 Å². The van der Waals surface area contributed by atoms with Gasteiger partial charge in [0.05, 0.1) is 5.69 Å². The lowest BCUT2D eigenvalue weighted by atomic mass is 10.1. The third-order valence-corrected chi connectivity index (χ3v) is 3.52. The lowest BCUT2D eigenvalue weighted by Crippen LogP contribution is -2.08. The molecule has 0 amide bonds. The number of hydrogen-bond acceptors (Lipinski definition) is 3. The summed E-state index contributed by atoms with van der Waals surface area (Å²) < 4.78 is 29.3. The van der Waals surface area contributed by atoms with Crippen LogP contribution in [-0.2, 0) is 0 Å². The van der Waals surface area contributed by atoms with Crippen LogP contribution in [0, 0.1) is 0 Å². The van der Waals surface area contributed by atoms with Gasteiger partial charge in [0.15, 0.2) is 5.15 Å². The van der Waals surface area contributed by atoms with Gasteiger partial charge in [-0.1, -0.05) is 23.7 Å². The quantitative estimate of drug-likeness (QED) is 0.721. The van der Waals surface area contributed by atoms with Crippen LogP contribution in [0.3, 0.4) is 0 Å². The van der Waals surface area contributed by atoms with E-state index in [4.69, 9.17) is 11.6 Å². The molecule has 1 unspecified atom stereocenters. The Kier molecular flexibility index (Phi) is 5.36. The molecule has 7 heteroatoms. The molecule has 112 valence electrons. The minimum atomic E-state index is -2.82. The molecule has 1 atom stereocenters. The molecular formula is C14H12BrClF2N2O. The molecule has 0 spiro atoms. The molecule has 0 bridgehead atoms. The van der Waals surface area contributed by atoms with Crippen LogP contribution >= 0.6 is 27.5 Å². The van der Waals surface area contributed by atoms with Gasteiger partial charge in [0, 0.05) is 16.7 Å². The van der Waals surface area contributed by atoms with Crippen LogP contribution < -0.4 is 10.1 Å². The summed E-state index contributed by atoms with van der Waals surface area (Å²) in [6, 6.07) is 8.18. The first-order valence-electron chi connectivity index (χ1n) is 6.08. The molecule has 1 heterocycles. The van der Waals surface area contributed by atoms with Crippen LogP contribution in [0.1, 0.15) is 18.5 Å². The normalized spacial score (nSPS) is 12.3. The fraction of sp³-hybridized carbons (Fsp3) is 0.214.